The SMILES string of the molecule is CCN(c1ccc(NC(=O)c2cnc3ccccc3n2)cc1)C(C)C. The van der Waals surface area contributed by atoms with Crippen molar-refractivity contribution in [2.24, 2.45) is 0 Å². The molecule has 0 fully saturated rings. The first-order chi connectivity index (χ1) is 12.1. The van der Waals surface area contributed by atoms with Crippen molar-refractivity contribution in [1.82, 2.24) is 9.97 Å². The lowest BCUT2D eigenvalue weighted by Crippen LogP contribution is -2.30. The number of amides is 1. The van der Waals surface area contributed by atoms with Crippen LogP contribution in [-0.4, -0.2) is 28.5 Å². The number of hydrogen-bond acceptors (Lipinski definition) is 4. The number of nitrogens with one attached hydrogen (secondary N) is 1. The van der Waals surface area contributed by atoms with E-state index < -0.39 is 0 Å². The molecule has 0 saturated heterocycles. The van der Waals surface area contributed by atoms with Gasteiger partial charge in [-0.15, -0.1) is 0 Å². The van der Waals surface area contributed by atoms with Gasteiger partial charge in [-0.1, -0.05) is 12.1 Å². The van der Waals surface area contributed by atoms with Gasteiger partial charge in [-0.05, 0) is 57.2 Å². The number of anilines is 2. The molecule has 1 N–H and O–H groups in total. The fourth-order valence-corrected chi connectivity index (χ4v) is 2.84. The van der Waals surface area contributed by atoms with Crippen LogP contribution < -0.4 is 10.2 Å². The zero-order valence-electron chi connectivity index (χ0n) is 14.7. The van der Waals surface area contributed by atoms with Crippen molar-refractivity contribution in [2.75, 3.05) is 16.8 Å². The molecule has 1 amide bonds. The van der Waals surface area contributed by atoms with Gasteiger partial charge in [0.25, 0.3) is 5.91 Å². The number of carbonyl (C=O) groups excluding carboxylic acids is 1. The van der Waals surface area contributed by atoms with Crippen molar-refractivity contribution in [2.45, 2.75) is 26.8 Å². The Morgan fingerprint density at radius 2 is 1.76 bits per heavy atom. The number of benzene rings is 2. The van der Waals surface area contributed by atoms with Crippen molar-refractivity contribution >= 4 is 28.3 Å². The van der Waals surface area contributed by atoms with E-state index in [2.05, 4.69) is 41.0 Å². The smallest absolute Gasteiger partial charge is 0.275 e. The first-order valence-electron chi connectivity index (χ1n) is 8.48. The van der Waals surface area contributed by atoms with Crippen molar-refractivity contribution < 1.29 is 4.79 Å². The van der Waals surface area contributed by atoms with Crippen LogP contribution >= 0.6 is 0 Å². The fraction of sp³-hybridized carbons (Fsp3) is 0.250. The van der Waals surface area contributed by atoms with E-state index in [0.29, 0.717) is 17.3 Å². The van der Waals surface area contributed by atoms with E-state index in [9.17, 15) is 4.79 Å². The molecule has 0 aliphatic heterocycles. The maximum Gasteiger partial charge on any atom is 0.275 e. The second-order valence-corrected chi connectivity index (χ2v) is 6.12. The monoisotopic (exact) mass is 334 g/mol. The van der Waals surface area contributed by atoms with Gasteiger partial charge in [0, 0.05) is 24.0 Å². The molecule has 0 aliphatic carbocycles. The fourth-order valence-electron chi connectivity index (χ4n) is 2.84. The predicted molar refractivity (Wildman–Crippen MR) is 102 cm³/mol. The Labute approximate surface area is 147 Å². The molecule has 0 bridgehead atoms. The van der Waals surface area contributed by atoms with Gasteiger partial charge < -0.3 is 10.2 Å². The van der Waals surface area contributed by atoms with Crippen LogP contribution in [0, 0.1) is 0 Å². The first kappa shape index (κ1) is 16.9. The molecule has 1 aromatic heterocycles. The Morgan fingerprint density at radius 3 is 2.40 bits per heavy atom. The highest BCUT2D eigenvalue weighted by Crippen LogP contribution is 2.20. The van der Waals surface area contributed by atoms with Gasteiger partial charge in [0.05, 0.1) is 17.2 Å². The van der Waals surface area contributed by atoms with Crippen LogP contribution in [0.3, 0.4) is 0 Å². The van der Waals surface area contributed by atoms with Gasteiger partial charge in [-0.25, -0.2) is 4.98 Å². The van der Waals surface area contributed by atoms with Gasteiger partial charge in [-0.3, -0.25) is 9.78 Å². The van der Waals surface area contributed by atoms with Gasteiger partial charge in [-0.2, -0.15) is 0 Å². The molecule has 0 aliphatic rings. The number of aromatic nitrogens is 2. The predicted octanol–water partition coefficient (Wildman–Crippen LogP) is 4.12. The molecule has 3 rings (SSSR count). The second kappa shape index (κ2) is 7.30. The van der Waals surface area contributed by atoms with Crippen molar-refractivity contribution in [1.29, 1.82) is 0 Å². The summed E-state index contributed by atoms with van der Waals surface area (Å²) >= 11 is 0. The summed E-state index contributed by atoms with van der Waals surface area (Å²) in [6.07, 6.45) is 1.50. The molecule has 5 heteroatoms. The number of nitrogens with zero attached hydrogens (tertiary/aromatic N) is 3. The molecule has 0 radical (unpaired) electrons. The van der Waals surface area contributed by atoms with Crippen LogP contribution in [0.5, 0.6) is 0 Å². The van der Waals surface area contributed by atoms with Crippen LogP contribution in [0.2, 0.25) is 0 Å². The van der Waals surface area contributed by atoms with Crippen molar-refractivity contribution in [3.63, 3.8) is 0 Å². The maximum absolute atomic E-state index is 12.4. The number of rotatable bonds is 5. The van der Waals surface area contributed by atoms with Crippen LogP contribution in [0.25, 0.3) is 11.0 Å². The van der Waals surface area contributed by atoms with Gasteiger partial charge in [0.1, 0.15) is 5.69 Å². The summed E-state index contributed by atoms with van der Waals surface area (Å²) < 4.78 is 0. The Kier molecular flexibility index (Phi) is 4.93. The largest absolute Gasteiger partial charge is 0.369 e. The molecule has 1 heterocycles. The number of hydrogen-bond donors (Lipinski definition) is 1. The summed E-state index contributed by atoms with van der Waals surface area (Å²) in [5.41, 5.74) is 3.67. The van der Waals surface area contributed by atoms with E-state index in [1.165, 1.54) is 6.20 Å². The minimum absolute atomic E-state index is 0.262. The van der Waals surface area contributed by atoms with E-state index >= 15 is 0 Å². The quantitative estimate of drug-likeness (QED) is 0.762. The second-order valence-electron chi connectivity index (χ2n) is 6.12. The lowest BCUT2D eigenvalue weighted by atomic mass is 10.2. The summed E-state index contributed by atoms with van der Waals surface area (Å²) in [5, 5.41) is 2.88. The van der Waals surface area contributed by atoms with Gasteiger partial charge in [0.15, 0.2) is 0 Å². The number of carbonyl (C=O) groups is 1. The third kappa shape index (κ3) is 3.76. The highest BCUT2D eigenvalue weighted by atomic mass is 16.1. The van der Waals surface area contributed by atoms with E-state index in [-0.39, 0.29) is 5.91 Å². The normalized spacial score (nSPS) is 10.9. The average Bonchev–Trinajstić information content (AvgIpc) is 2.63. The van der Waals surface area contributed by atoms with E-state index in [1.54, 1.807) is 0 Å². The molecular weight excluding hydrogens is 312 g/mol. The van der Waals surface area contributed by atoms with E-state index in [4.69, 9.17) is 0 Å². The average molecular weight is 334 g/mol. The summed E-state index contributed by atoms with van der Waals surface area (Å²) in [6, 6.07) is 15.8. The number of fused-ring (bicyclic) bond motifs is 1. The minimum Gasteiger partial charge on any atom is -0.369 e. The summed E-state index contributed by atoms with van der Waals surface area (Å²) in [7, 11) is 0. The summed E-state index contributed by atoms with van der Waals surface area (Å²) in [4.78, 5) is 23.4. The van der Waals surface area contributed by atoms with Crippen molar-refractivity contribution in [3.8, 4) is 0 Å². The third-order valence-electron chi connectivity index (χ3n) is 4.10. The molecule has 3 aromatic rings. The number of para-hydroxylation sites is 2. The Bertz CT molecular complexity index is 874. The molecule has 0 saturated carbocycles. The zero-order valence-corrected chi connectivity index (χ0v) is 14.7. The lowest BCUT2D eigenvalue weighted by molar-refractivity contribution is 0.102. The lowest BCUT2D eigenvalue weighted by Gasteiger charge is -2.27. The van der Waals surface area contributed by atoms with Crippen LogP contribution in [0.15, 0.2) is 54.7 Å². The molecule has 0 atom stereocenters. The minimum atomic E-state index is -0.262. The molecule has 2 aromatic carbocycles. The Hall–Kier alpha value is -2.95. The Balaban J connectivity index is 1.75. The van der Waals surface area contributed by atoms with Crippen molar-refractivity contribution in [3.05, 3.63) is 60.4 Å². The van der Waals surface area contributed by atoms with Crippen LogP contribution in [0.1, 0.15) is 31.3 Å². The van der Waals surface area contributed by atoms with E-state index in [1.807, 2.05) is 48.5 Å². The van der Waals surface area contributed by atoms with Gasteiger partial charge >= 0.3 is 0 Å². The van der Waals surface area contributed by atoms with E-state index in [0.717, 1.165) is 23.4 Å². The molecule has 0 spiro atoms. The molecule has 0 unspecified atom stereocenters. The zero-order chi connectivity index (χ0) is 17.8. The topological polar surface area (TPSA) is 58.1 Å². The maximum atomic E-state index is 12.4. The van der Waals surface area contributed by atoms with Gasteiger partial charge in [0.2, 0.25) is 0 Å². The molecular formula is C20H22N4O. The highest BCUT2D eigenvalue weighted by Gasteiger charge is 2.11. The third-order valence-corrected chi connectivity index (χ3v) is 4.10. The standard InChI is InChI=1S/C20H22N4O/c1-4-24(14(2)3)16-11-9-15(10-12-16)22-20(25)19-13-21-17-7-5-6-8-18(17)23-19/h5-14H,4H2,1-3H3,(H,22,25). The summed E-state index contributed by atoms with van der Waals surface area (Å²) in [6.45, 7) is 7.40. The Morgan fingerprint density at radius 1 is 1.08 bits per heavy atom. The molecule has 5 nitrogen and oxygen atoms in total. The summed E-state index contributed by atoms with van der Waals surface area (Å²) in [5.74, 6) is -0.262. The molecule has 128 valence electrons. The van der Waals surface area contributed by atoms with Crippen LogP contribution in [0.4, 0.5) is 11.4 Å². The highest BCUT2D eigenvalue weighted by molar-refractivity contribution is 6.03. The van der Waals surface area contributed by atoms with Crippen LogP contribution in [-0.2, 0) is 0 Å². The first-order valence-corrected chi connectivity index (χ1v) is 8.48. The molecule has 25 heavy (non-hydrogen) atoms.